The quantitative estimate of drug-likeness (QED) is 0.734. The third-order valence-corrected chi connectivity index (χ3v) is 4.28. The van der Waals surface area contributed by atoms with Gasteiger partial charge in [0.15, 0.2) is 0 Å². The van der Waals surface area contributed by atoms with Gasteiger partial charge in [0.2, 0.25) is 10.0 Å². The molecule has 0 spiro atoms. The van der Waals surface area contributed by atoms with Crippen LogP contribution in [0.25, 0.3) is 0 Å². The van der Waals surface area contributed by atoms with E-state index in [-0.39, 0.29) is 5.75 Å². The lowest BCUT2D eigenvalue weighted by Crippen LogP contribution is -2.32. The molecule has 1 aliphatic heterocycles. The highest BCUT2D eigenvalue weighted by Gasteiger charge is 2.21. The largest absolute Gasteiger partial charge is 0.306 e. The van der Waals surface area contributed by atoms with E-state index in [2.05, 4.69) is 16.7 Å². The van der Waals surface area contributed by atoms with E-state index in [4.69, 9.17) is 0 Å². The van der Waals surface area contributed by atoms with Crippen molar-refractivity contribution >= 4 is 10.0 Å². The summed E-state index contributed by atoms with van der Waals surface area (Å²) in [4.78, 5) is 2.24. The molecule has 0 bridgehead atoms. The molecule has 0 saturated carbocycles. The van der Waals surface area contributed by atoms with Gasteiger partial charge in [0.1, 0.15) is 0 Å². The summed E-state index contributed by atoms with van der Waals surface area (Å²) in [5.41, 5.74) is 0. The maximum Gasteiger partial charge on any atom is 0.211 e. The summed E-state index contributed by atoms with van der Waals surface area (Å²) < 4.78 is 25.7. The van der Waals surface area contributed by atoms with Crippen molar-refractivity contribution in [3.8, 4) is 0 Å². The van der Waals surface area contributed by atoms with Gasteiger partial charge < -0.3 is 4.90 Å². The van der Waals surface area contributed by atoms with Crippen LogP contribution in [0.15, 0.2) is 0 Å². The fourth-order valence-electron chi connectivity index (χ4n) is 1.84. The molecule has 0 aliphatic carbocycles. The maximum atomic E-state index is 11.5. The lowest BCUT2D eigenvalue weighted by molar-refractivity contribution is 0.394. The Bertz CT molecular complexity index is 277. The molecule has 0 radical (unpaired) electrons. The molecule has 5 heteroatoms. The fraction of sp³-hybridized carbons (Fsp3) is 1.00. The van der Waals surface area contributed by atoms with E-state index in [1.807, 2.05) is 6.92 Å². The van der Waals surface area contributed by atoms with E-state index >= 15 is 0 Å². The number of nitrogens with one attached hydrogen (secondary N) is 1. The second-order valence-corrected chi connectivity index (χ2v) is 6.36. The number of hydrogen-bond acceptors (Lipinski definition) is 3. The van der Waals surface area contributed by atoms with Crippen molar-refractivity contribution in [1.29, 1.82) is 0 Å². The Morgan fingerprint density at radius 3 is 2.73 bits per heavy atom. The SMILES string of the molecule is CCCCS(=O)(=O)NCC1CCN(C)C1. The first-order chi connectivity index (χ1) is 7.03. The van der Waals surface area contributed by atoms with Crippen LogP contribution in [0.5, 0.6) is 0 Å². The first-order valence-corrected chi connectivity index (χ1v) is 7.34. The van der Waals surface area contributed by atoms with E-state index < -0.39 is 10.0 Å². The molecule has 0 aromatic heterocycles. The van der Waals surface area contributed by atoms with E-state index in [9.17, 15) is 8.42 Å². The summed E-state index contributed by atoms with van der Waals surface area (Å²) in [5, 5.41) is 0. The highest BCUT2D eigenvalue weighted by atomic mass is 32.2. The van der Waals surface area contributed by atoms with E-state index in [1.165, 1.54) is 0 Å². The predicted octanol–water partition coefficient (Wildman–Crippen LogP) is 0.658. The summed E-state index contributed by atoms with van der Waals surface area (Å²) in [6.07, 6.45) is 2.78. The van der Waals surface area contributed by atoms with Gasteiger partial charge in [-0.15, -0.1) is 0 Å². The van der Waals surface area contributed by atoms with Crippen LogP contribution in [-0.2, 0) is 10.0 Å². The molecule has 1 N–H and O–H groups in total. The smallest absolute Gasteiger partial charge is 0.211 e. The topological polar surface area (TPSA) is 49.4 Å². The Kier molecular flexibility index (Phi) is 5.02. The minimum Gasteiger partial charge on any atom is -0.306 e. The number of likely N-dealkylation sites (tertiary alicyclic amines) is 1. The van der Waals surface area contributed by atoms with E-state index in [0.717, 1.165) is 32.4 Å². The zero-order valence-electron chi connectivity index (χ0n) is 9.70. The molecule has 0 amide bonds. The summed E-state index contributed by atoms with van der Waals surface area (Å²) in [7, 11) is -0.942. The number of sulfonamides is 1. The van der Waals surface area contributed by atoms with E-state index in [0.29, 0.717) is 12.5 Å². The molecule has 90 valence electrons. The Labute approximate surface area is 93.1 Å². The molecule has 4 nitrogen and oxygen atoms in total. The van der Waals surface area contributed by atoms with Gasteiger partial charge in [0.25, 0.3) is 0 Å². The highest BCUT2D eigenvalue weighted by molar-refractivity contribution is 7.89. The zero-order valence-corrected chi connectivity index (χ0v) is 10.5. The third-order valence-electron chi connectivity index (χ3n) is 2.85. The zero-order chi connectivity index (χ0) is 11.3. The number of hydrogen-bond donors (Lipinski definition) is 1. The van der Waals surface area contributed by atoms with Crippen LogP contribution in [-0.4, -0.2) is 45.8 Å². The van der Waals surface area contributed by atoms with Gasteiger partial charge in [-0.05, 0) is 32.4 Å². The van der Waals surface area contributed by atoms with Crippen LogP contribution >= 0.6 is 0 Å². The second kappa shape index (κ2) is 5.82. The molecule has 0 aromatic rings. The number of unbranched alkanes of at least 4 members (excludes halogenated alkanes) is 1. The molecule has 0 aromatic carbocycles. The highest BCUT2D eigenvalue weighted by Crippen LogP contribution is 2.13. The van der Waals surface area contributed by atoms with Crippen molar-refractivity contribution < 1.29 is 8.42 Å². The normalized spacial score (nSPS) is 23.5. The van der Waals surface area contributed by atoms with Crippen LogP contribution in [0.1, 0.15) is 26.2 Å². The molecular weight excluding hydrogens is 212 g/mol. The fourth-order valence-corrected chi connectivity index (χ4v) is 3.15. The van der Waals surface area contributed by atoms with Gasteiger partial charge in [-0.1, -0.05) is 13.3 Å². The maximum absolute atomic E-state index is 11.5. The molecule has 1 saturated heterocycles. The molecule has 1 heterocycles. The summed E-state index contributed by atoms with van der Waals surface area (Å²) >= 11 is 0. The van der Waals surface area contributed by atoms with Gasteiger partial charge in [0, 0.05) is 13.1 Å². The van der Waals surface area contributed by atoms with Crippen LogP contribution < -0.4 is 4.72 Å². The monoisotopic (exact) mass is 234 g/mol. The standard InChI is InChI=1S/C10H22N2O2S/c1-3-4-7-15(13,14)11-8-10-5-6-12(2)9-10/h10-11H,3-9H2,1-2H3. The molecule has 1 unspecified atom stereocenters. The van der Waals surface area contributed by atoms with Crippen molar-refractivity contribution in [3.63, 3.8) is 0 Å². The number of nitrogens with zero attached hydrogens (tertiary/aromatic N) is 1. The average Bonchev–Trinajstić information content (AvgIpc) is 2.59. The Balaban J connectivity index is 2.24. The molecule has 1 fully saturated rings. The van der Waals surface area contributed by atoms with Gasteiger partial charge in [-0.3, -0.25) is 0 Å². The molecule has 15 heavy (non-hydrogen) atoms. The summed E-state index contributed by atoms with van der Waals surface area (Å²) in [6, 6.07) is 0. The molecular formula is C10H22N2O2S. The van der Waals surface area contributed by atoms with Crippen molar-refractivity contribution in [2.24, 2.45) is 5.92 Å². The Hall–Kier alpha value is -0.130. The van der Waals surface area contributed by atoms with Gasteiger partial charge >= 0.3 is 0 Å². The first-order valence-electron chi connectivity index (χ1n) is 5.69. The minimum atomic E-state index is -3.02. The van der Waals surface area contributed by atoms with Crippen molar-refractivity contribution in [2.45, 2.75) is 26.2 Å². The van der Waals surface area contributed by atoms with Crippen molar-refractivity contribution in [3.05, 3.63) is 0 Å². The second-order valence-electron chi connectivity index (χ2n) is 4.44. The van der Waals surface area contributed by atoms with Crippen LogP contribution in [0.2, 0.25) is 0 Å². The Morgan fingerprint density at radius 1 is 1.47 bits per heavy atom. The molecule has 1 aliphatic rings. The average molecular weight is 234 g/mol. The first kappa shape index (κ1) is 12.9. The van der Waals surface area contributed by atoms with Crippen molar-refractivity contribution in [1.82, 2.24) is 9.62 Å². The lowest BCUT2D eigenvalue weighted by atomic mass is 10.1. The lowest BCUT2D eigenvalue weighted by Gasteiger charge is -2.11. The van der Waals surface area contributed by atoms with Gasteiger partial charge in [-0.2, -0.15) is 0 Å². The Morgan fingerprint density at radius 2 is 2.20 bits per heavy atom. The minimum absolute atomic E-state index is 0.270. The van der Waals surface area contributed by atoms with Crippen LogP contribution in [0, 0.1) is 5.92 Å². The van der Waals surface area contributed by atoms with Gasteiger partial charge in [0.05, 0.1) is 5.75 Å². The van der Waals surface area contributed by atoms with Crippen LogP contribution in [0.4, 0.5) is 0 Å². The predicted molar refractivity (Wildman–Crippen MR) is 62.3 cm³/mol. The number of rotatable bonds is 6. The summed E-state index contributed by atoms with van der Waals surface area (Å²) in [5.74, 6) is 0.762. The third kappa shape index (κ3) is 4.95. The van der Waals surface area contributed by atoms with E-state index in [1.54, 1.807) is 0 Å². The van der Waals surface area contributed by atoms with Crippen LogP contribution in [0.3, 0.4) is 0 Å². The van der Waals surface area contributed by atoms with Crippen molar-refractivity contribution in [2.75, 3.05) is 32.4 Å². The molecule has 1 atom stereocenters. The summed E-state index contributed by atoms with van der Waals surface area (Å²) in [6.45, 7) is 4.70. The van der Waals surface area contributed by atoms with Gasteiger partial charge in [-0.25, -0.2) is 13.1 Å². The molecule has 1 rings (SSSR count).